The lowest BCUT2D eigenvalue weighted by Gasteiger charge is -2.35. The third-order valence-electron chi connectivity index (χ3n) is 8.78. The second kappa shape index (κ2) is 10.7. The number of hydrogen-bond donors (Lipinski definition) is 2. The first-order valence-electron chi connectivity index (χ1n) is 14.7. The summed E-state index contributed by atoms with van der Waals surface area (Å²) in [7, 11) is 0. The Labute approximate surface area is 247 Å². The summed E-state index contributed by atoms with van der Waals surface area (Å²) in [5.41, 5.74) is 5.88. The Morgan fingerprint density at radius 2 is 1.77 bits per heavy atom. The van der Waals surface area contributed by atoms with Gasteiger partial charge in [-0.2, -0.15) is 5.10 Å². The van der Waals surface area contributed by atoms with Crippen molar-refractivity contribution in [3.8, 4) is 11.3 Å². The number of benzene rings is 2. The number of hydrogen-bond acceptors (Lipinski definition) is 8. The molecule has 1 saturated heterocycles. The third-order valence-corrected chi connectivity index (χ3v) is 8.78. The molecule has 1 aliphatic carbocycles. The van der Waals surface area contributed by atoms with Gasteiger partial charge in [0, 0.05) is 30.4 Å². The van der Waals surface area contributed by atoms with Gasteiger partial charge in [-0.15, -0.1) is 0 Å². The molecular formula is C32H31N7O4. The maximum atomic E-state index is 13.1. The summed E-state index contributed by atoms with van der Waals surface area (Å²) >= 11 is 0. The monoisotopic (exact) mass is 577 g/mol. The summed E-state index contributed by atoms with van der Waals surface area (Å²) in [6.07, 6.45) is 8.36. The van der Waals surface area contributed by atoms with Crippen LogP contribution in [0.25, 0.3) is 22.3 Å². The number of aromatic nitrogens is 4. The molecule has 1 saturated carbocycles. The zero-order valence-electron chi connectivity index (χ0n) is 23.7. The smallest absolute Gasteiger partial charge is 0.262 e. The number of carbonyl (C=O) groups is 4. The van der Waals surface area contributed by atoms with Crippen molar-refractivity contribution in [1.29, 1.82) is 0 Å². The molecule has 1 atom stereocenters. The predicted molar refractivity (Wildman–Crippen MR) is 158 cm³/mol. The van der Waals surface area contributed by atoms with Crippen molar-refractivity contribution < 1.29 is 19.2 Å². The van der Waals surface area contributed by atoms with Gasteiger partial charge >= 0.3 is 0 Å². The molecule has 4 amide bonds. The van der Waals surface area contributed by atoms with Gasteiger partial charge in [0.15, 0.2) is 0 Å². The summed E-state index contributed by atoms with van der Waals surface area (Å²) in [5.74, 6) is -1.36. The summed E-state index contributed by atoms with van der Waals surface area (Å²) in [6.45, 7) is 2.75. The minimum Gasteiger partial charge on any atom is -0.385 e. The van der Waals surface area contributed by atoms with E-state index in [0.717, 1.165) is 70.8 Å². The van der Waals surface area contributed by atoms with E-state index in [-0.39, 0.29) is 29.9 Å². The molecule has 2 fully saturated rings. The quantitative estimate of drug-likeness (QED) is 0.236. The zero-order chi connectivity index (χ0) is 29.7. The molecule has 11 nitrogen and oxygen atoms in total. The molecule has 2 aliphatic heterocycles. The van der Waals surface area contributed by atoms with Crippen molar-refractivity contribution in [2.75, 3.05) is 11.9 Å². The normalized spacial score (nSPS) is 21.6. The Bertz CT molecular complexity index is 1790. The molecule has 43 heavy (non-hydrogen) atoms. The van der Waals surface area contributed by atoms with E-state index in [1.165, 1.54) is 0 Å². The Balaban J connectivity index is 0.902. The molecule has 4 aromatic rings. The fourth-order valence-corrected chi connectivity index (χ4v) is 6.36. The SMILES string of the molecule is Cc1nn([C@H]2C[C@H](CCCNc3ccc4c(c3)C(=O)N(C3CCC(=O)NC3=O)C4=O)C2)cc1-c1cnc2ccccc2n1. The van der Waals surface area contributed by atoms with Gasteiger partial charge in [-0.1, -0.05) is 12.1 Å². The summed E-state index contributed by atoms with van der Waals surface area (Å²) < 4.78 is 2.08. The lowest BCUT2D eigenvalue weighted by molar-refractivity contribution is -0.136. The molecule has 7 rings (SSSR count). The first kappa shape index (κ1) is 26.9. The maximum Gasteiger partial charge on any atom is 0.262 e. The van der Waals surface area contributed by atoms with Crippen LogP contribution in [0.4, 0.5) is 5.69 Å². The average Bonchev–Trinajstić information content (AvgIpc) is 3.48. The minimum absolute atomic E-state index is 0.0987. The van der Waals surface area contributed by atoms with Crippen molar-refractivity contribution in [1.82, 2.24) is 30.0 Å². The molecule has 4 heterocycles. The molecule has 3 aliphatic rings. The highest BCUT2D eigenvalue weighted by Crippen LogP contribution is 2.41. The van der Waals surface area contributed by atoms with E-state index in [1.54, 1.807) is 18.2 Å². The number of para-hydroxylation sites is 2. The molecule has 0 spiro atoms. The van der Waals surface area contributed by atoms with Crippen LogP contribution in [-0.2, 0) is 9.59 Å². The van der Waals surface area contributed by atoms with Crippen LogP contribution in [0.1, 0.15) is 71.0 Å². The number of carbonyl (C=O) groups excluding carboxylic acids is 4. The zero-order valence-corrected chi connectivity index (χ0v) is 23.7. The summed E-state index contributed by atoms with van der Waals surface area (Å²) in [6, 6.07) is 12.4. The van der Waals surface area contributed by atoms with Crippen molar-refractivity contribution in [2.24, 2.45) is 5.92 Å². The van der Waals surface area contributed by atoms with E-state index >= 15 is 0 Å². The van der Waals surface area contributed by atoms with Crippen molar-refractivity contribution >= 4 is 40.3 Å². The van der Waals surface area contributed by atoms with Crippen LogP contribution < -0.4 is 10.6 Å². The first-order chi connectivity index (χ1) is 20.9. The highest BCUT2D eigenvalue weighted by Gasteiger charge is 2.44. The number of rotatable bonds is 8. The number of piperidine rings is 1. The van der Waals surface area contributed by atoms with E-state index in [1.807, 2.05) is 37.4 Å². The van der Waals surface area contributed by atoms with Gasteiger partial charge in [-0.05, 0) is 75.3 Å². The van der Waals surface area contributed by atoms with E-state index in [2.05, 4.69) is 26.5 Å². The molecule has 0 radical (unpaired) electrons. The summed E-state index contributed by atoms with van der Waals surface area (Å²) in [5, 5.41) is 10.4. The first-order valence-corrected chi connectivity index (χ1v) is 14.7. The number of nitrogens with zero attached hydrogens (tertiary/aromatic N) is 5. The number of amides is 4. The van der Waals surface area contributed by atoms with E-state index in [4.69, 9.17) is 10.1 Å². The van der Waals surface area contributed by atoms with Crippen LogP contribution in [0, 0.1) is 12.8 Å². The van der Waals surface area contributed by atoms with Gasteiger partial charge in [0.1, 0.15) is 6.04 Å². The Hall–Kier alpha value is -4.93. The van der Waals surface area contributed by atoms with Crippen molar-refractivity contribution in [3.63, 3.8) is 0 Å². The Morgan fingerprint density at radius 3 is 2.58 bits per heavy atom. The van der Waals surface area contributed by atoms with Crippen LogP contribution in [-0.4, -0.2) is 60.9 Å². The number of anilines is 1. The van der Waals surface area contributed by atoms with Crippen LogP contribution in [0.15, 0.2) is 54.9 Å². The molecule has 2 aromatic carbocycles. The number of imide groups is 2. The average molecular weight is 578 g/mol. The second-order valence-electron chi connectivity index (χ2n) is 11.6. The number of aryl methyl sites for hydroxylation is 1. The molecule has 2 aromatic heterocycles. The van der Waals surface area contributed by atoms with Gasteiger partial charge in [0.05, 0.1) is 45.8 Å². The fraction of sp³-hybridized carbons (Fsp3) is 0.344. The largest absolute Gasteiger partial charge is 0.385 e. The summed E-state index contributed by atoms with van der Waals surface area (Å²) in [4.78, 5) is 60.0. The maximum absolute atomic E-state index is 13.1. The van der Waals surface area contributed by atoms with Crippen molar-refractivity contribution in [3.05, 3.63) is 71.7 Å². The topological polar surface area (TPSA) is 139 Å². The third kappa shape index (κ3) is 4.94. The number of nitrogens with one attached hydrogen (secondary N) is 2. The molecule has 11 heteroatoms. The van der Waals surface area contributed by atoms with E-state index in [9.17, 15) is 19.2 Å². The van der Waals surface area contributed by atoms with Crippen LogP contribution in [0.3, 0.4) is 0 Å². The highest BCUT2D eigenvalue weighted by molar-refractivity contribution is 6.23. The predicted octanol–water partition coefficient (Wildman–Crippen LogP) is 4.05. The minimum atomic E-state index is -0.961. The number of fused-ring (bicyclic) bond motifs is 2. The standard InChI is InChI=1S/C32H31N7O4/c1-18-24(27-16-34-25-6-2-3-7-26(25)35-27)17-38(37-18)21-13-19(14-21)5-4-12-33-20-8-9-22-23(15-20)32(43)39(31(22)42)28-10-11-29(40)36-30(28)41/h2-3,6-9,15-17,19,21,28,33H,4-5,10-14H2,1H3,(H,36,40,41)/t19-,21-,28?. The van der Waals surface area contributed by atoms with Crippen LogP contribution >= 0.6 is 0 Å². The van der Waals surface area contributed by atoms with Crippen LogP contribution in [0.5, 0.6) is 0 Å². The molecule has 218 valence electrons. The molecule has 2 N–H and O–H groups in total. The van der Waals surface area contributed by atoms with Gasteiger partial charge in [0.25, 0.3) is 11.8 Å². The van der Waals surface area contributed by atoms with Crippen LogP contribution in [0.2, 0.25) is 0 Å². The lowest BCUT2D eigenvalue weighted by atomic mass is 9.77. The highest BCUT2D eigenvalue weighted by atomic mass is 16.2. The fourth-order valence-electron chi connectivity index (χ4n) is 6.36. The van der Waals surface area contributed by atoms with Gasteiger partial charge in [-0.3, -0.25) is 39.1 Å². The van der Waals surface area contributed by atoms with E-state index < -0.39 is 23.8 Å². The van der Waals surface area contributed by atoms with Gasteiger partial charge in [-0.25, -0.2) is 4.98 Å². The molecule has 1 unspecified atom stereocenters. The van der Waals surface area contributed by atoms with E-state index in [0.29, 0.717) is 12.0 Å². The van der Waals surface area contributed by atoms with Gasteiger partial charge in [0.2, 0.25) is 11.8 Å². The second-order valence-corrected chi connectivity index (χ2v) is 11.6. The van der Waals surface area contributed by atoms with Crippen molar-refractivity contribution in [2.45, 2.75) is 57.5 Å². The van der Waals surface area contributed by atoms with Gasteiger partial charge < -0.3 is 5.32 Å². The molecular weight excluding hydrogens is 546 g/mol. The lowest BCUT2D eigenvalue weighted by Crippen LogP contribution is -2.54. The molecule has 0 bridgehead atoms. The Morgan fingerprint density at radius 1 is 0.977 bits per heavy atom. The Kier molecular flexibility index (Phi) is 6.72.